The first-order valence-corrected chi connectivity index (χ1v) is 13.9. The molecule has 1 aromatic rings. The Morgan fingerprint density at radius 2 is 1.83 bits per heavy atom. The summed E-state index contributed by atoms with van der Waals surface area (Å²) in [6, 6.07) is 9.38. The summed E-state index contributed by atoms with van der Waals surface area (Å²) in [6.45, 7) is 9.05. The minimum absolute atomic E-state index is 0.0840. The van der Waals surface area contributed by atoms with E-state index in [1.807, 2.05) is 29.2 Å². The van der Waals surface area contributed by atoms with E-state index < -0.39 is 0 Å². The van der Waals surface area contributed by atoms with Crippen molar-refractivity contribution < 1.29 is 4.79 Å². The fourth-order valence-electron chi connectivity index (χ4n) is 5.66. The monoisotopic (exact) mass is 526 g/mol. The summed E-state index contributed by atoms with van der Waals surface area (Å²) >= 11 is 12.4. The van der Waals surface area contributed by atoms with Crippen LogP contribution in [0, 0.1) is 6.92 Å². The summed E-state index contributed by atoms with van der Waals surface area (Å²) in [4.78, 5) is 20.8. The second kappa shape index (κ2) is 11.7. The molecule has 0 spiro atoms. The number of nitrogens with one attached hydrogen (secondary N) is 1. The van der Waals surface area contributed by atoms with Gasteiger partial charge in [-0.15, -0.1) is 0 Å². The first-order valence-electron chi connectivity index (χ1n) is 13.1. The molecule has 3 unspecified atom stereocenters. The number of halogens is 2. The van der Waals surface area contributed by atoms with Crippen LogP contribution in [0.15, 0.2) is 70.3 Å². The van der Waals surface area contributed by atoms with E-state index in [0.29, 0.717) is 12.5 Å². The molecule has 5 rings (SSSR count). The second-order valence-electron chi connectivity index (χ2n) is 10.4. The van der Waals surface area contributed by atoms with Crippen molar-refractivity contribution >= 4 is 29.1 Å². The lowest BCUT2D eigenvalue weighted by Crippen LogP contribution is -2.51. The zero-order chi connectivity index (χ0) is 25.1. The minimum Gasteiger partial charge on any atom is -0.337 e. The molecule has 0 aromatic heterocycles. The van der Waals surface area contributed by atoms with Crippen LogP contribution in [0.2, 0.25) is 0 Å². The lowest BCUT2D eigenvalue weighted by Gasteiger charge is -2.38. The molecule has 1 amide bonds. The molecule has 36 heavy (non-hydrogen) atoms. The zero-order valence-electron chi connectivity index (χ0n) is 21.0. The number of amides is 1. The number of hydrogen-bond donors (Lipinski definition) is 1. The van der Waals surface area contributed by atoms with Gasteiger partial charge in [-0.2, -0.15) is 0 Å². The van der Waals surface area contributed by atoms with Crippen LogP contribution in [0.3, 0.4) is 0 Å². The molecule has 2 aliphatic carbocycles. The molecule has 3 atom stereocenters. The first kappa shape index (κ1) is 25.7. The lowest BCUT2D eigenvalue weighted by molar-refractivity contribution is -0.126. The van der Waals surface area contributed by atoms with Crippen molar-refractivity contribution in [3.8, 4) is 0 Å². The highest BCUT2D eigenvalue weighted by molar-refractivity contribution is 6.31. The standard InChI is InChI=1S/C29H36Cl2N4O/c1-21-2-4-22(5-3-21)19-33-14-16-34(17-15-33)26-12-13-35(20-26)29(36)27-11-8-24(31)18-28(27)32-25-9-6-23(30)7-10-25/h2-9,11,25-26,28,32H,10,12-20H2,1H3. The van der Waals surface area contributed by atoms with E-state index in [4.69, 9.17) is 23.2 Å². The Morgan fingerprint density at radius 3 is 2.56 bits per heavy atom. The highest BCUT2D eigenvalue weighted by atomic mass is 35.5. The Labute approximate surface area is 225 Å². The Hall–Kier alpha value is -1.89. The van der Waals surface area contributed by atoms with Crippen LogP contribution in [-0.4, -0.2) is 78.0 Å². The maximum absolute atomic E-state index is 13.6. The molecule has 2 saturated heterocycles. The van der Waals surface area contributed by atoms with Gasteiger partial charge in [-0.05, 0) is 37.5 Å². The first-order chi connectivity index (χ1) is 17.4. The van der Waals surface area contributed by atoms with Crippen LogP contribution < -0.4 is 5.32 Å². The smallest absolute Gasteiger partial charge is 0.251 e. The average molecular weight is 528 g/mol. The van der Waals surface area contributed by atoms with Crippen molar-refractivity contribution in [2.45, 2.75) is 50.9 Å². The molecule has 5 nitrogen and oxygen atoms in total. The van der Waals surface area contributed by atoms with Gasteiger partial charge in [0.2, 0.25) is 0 Å². The lowest BCUT2D eigenvalue weighted by atomic mass is 9.95. The highest BCUT2D eigenvalue weighted by Crippen LogP contribution is 2.27. The summed E-state index contributed by atoms with van der Waals surface area (Å²) < 4.78 is 0. The molecular weight excluding hydrogens is 491 g/mol. The molecule has 0 saturated carbocycles. The molecule has 2 fully saturated rings. The molecule has 4 aliphatic rings. The van der Waals surface area contributed by atoms with E-state index in [1.54, 1.807) is 0 Å². The Morgan fingerprint density at radius 1 is 1.06 bits per heavy atom. The quantitative estimate of drug-likeness (QED) is 0.588. The molecule has 1 aromatic carbocycles. The molecule has 192 valence electrons. The van der Waals surface area contributed by atoms with Gasteiger partial charge in [0.15, 0.2) is 0 Å². The predicted octanol–water partition coefficient (Wildman–Crippen LogP) is 4.58. The third-order valence-electron chi connectivity index (χ3n) is 7.84. The van der Waals surface area contributed by atoms with Crippen LogP contribution in [0.5, 0.6) is 0 Å². The van der Waals surface area contributed by atoms with Gasteiger partial charge in [0.25, 0.3) is 5.91 Å². The van der Waals surface area contributed by atoms with Crippen molar-refractivity contribution in [1.82, 2.24) is 20.0 Å². The van der Waals surface area contributed by atoms with Crippen LogP contribution in [0.25, 0.3) is 0 Å². The molecule has 7 heteroatoms. The van der Waals surface area contributed by atoms with E-state index >= 15 is 0 Å². The van der Waals surface area contributed by atoms with Crippen LogP contribution in [0.1, 0.15) is 30.4 Å². The zero-order valence-corrected chi connectivity index (χ0v) is 22.5. The number of nitrogens with zero attached hydrogens (tertiary/aromatic N) is 3. The van der Waals surface area contributed by atoms with Crippen LogP contribution in [0.4, 0.5) is 0 Å². The highest BCUT2D eigenvalue weighted by Gasteiger charge is 2.35. The molecule has 0 radical (unpaired) electrons. The second-order valence-corrected chi connectivity index (χ2v) is 11.4. The van der Waals surface area contributed by atoms with Crippen LogP contribution >= 0.6 is 23.2 Å². The number of aryl methyl sites for hydroxylation is 1. The van der Waals surface area contributed by atoms with E-state index in [2.05, 4.69) is 52.4 Å². The molecule has 0 bridgehead atoms. The summed E-state index contributed by atoms with van der Waals surface area (Å²) in [5, 5.41) is 5.16. The number of carbonyl (C=O) groups is 1. The summed E-state index contributed by atoms with van der Waals surface area (Å²) in [7, 11) is 0. The van der Waals surface area contributed by atoms with E-state index in [1.165, 1.54) is 11.1 Å². The number of carbonyl (C=O) groups excluding carboxylic acids is 1. The van der Waals surface area contributed by atoms with E-state index in [-0.39, 0.29) is 18.0 Å². The van der Waals surface area contributed by atoms with Gasteiger partial charge >= 0.3 is 0 Å². The average Bonchev–Trinajstić information content (AvgIpc) is 3.37. The maximum Gasteiger partial charge on any atom is 0.251 e. The molecule has 2 heterocycles. The number of likely N-dealkylation sites (tertiary alicyclic amines) is 1. The van der Waals surface area contributed by atoms with Crippen molar-refractivity contribution in [1.29, 1.82) is 0 Å². The van der Waals surface area contributed by atoms with Gasteiger partial charge in [-0.1, -0.05) is 71.3 Å². The fraction of sp³-hybridized carbons (Fsp3) is 0.483. The normalized spacial score (nSPS) is 27.6. The number of allylic oxidation sites excluding steroid dienone is 4. The van der Waals surface area contributed by atoms with Crippen molar-refractivity contribution in [2.24, 2.45) is 0 Å². The molecular formula is C29H36Cl2N4O. The molecule has 2 aliphatic heterocycles. The summed E-state index contributed by atoms with van der Waals surface area (Å²) in [5.41, 5.74) is 3.51. The van der Waals surface area contributed by atoms with E-state index in [0.717, 1.165) is 74.3 Å². The third kappa shape index (κ3) is 6.32. The van der Waals surface area contributed by atoms with Gasteiger partial charge < -0.3 is 10.2 Å². The summed E-state index contributed by atoms with van der Waals surface area (Å²) in [6.07, 6.45) is 12.3. The largest absolute Gasteiger partial charge is 0.337 e. The number of rotatable bonds is 6. The van der Waals surface area contributed by atoms with Gasteiger partial charge in [0, 0.05) is 86.0 Å². The van der Waals surface area contributed by atoms with Crippen molar-refractivity contribution in [2.75, 3.05) is 39.3 Å². The third-order valence-corrected chi connectivity index (χ3v) is 8.40. The van der Waals surface area contributed by atoms with Crippen molar-refractivity contribution in [3.63, 3.8) is 0 Å². The van der Waals surface area contributed by atoms with Crippen LogP contribution in [-0.2, 0) is 11.3 Å². The minimum atomic E-state index is -0.0840. The SMILES string of the molecule is Cc1ccc(CN2CCN(C3CCN(C(=O)C4=CC=C(Cl)CC4NC4C=CC(Cl)=CC4)C3)CC2)cc1. The fourth-order valence-corrected chi connectivity index (χ4v) is 6.04. The van der Waals surface area contributed by atoms with E-state index in [9.17, 15) is 4.79 Å². The predicted molar refractivity (Wildman–Crippen MR) is 148 cm³/mol. The summed E-state index contributed by atoms with van der Waals surface area (Å²) in [5.74, 6) is 0.141. The van der Waals surface area contributed by atoms with Gasteiger partial charge in [0.05, 0.1) is 0 Å². The van der Waals surface area contributed by atoms with Gasteiger partial charge in [0.1, 0.15) is 0 Å². The Kier molecular flexibility index (Phi) is 8.34. The van der Waals surface area contributed by atoms with Gasteiger partial charge in [-0.3, -0.25) is 14.6 Å². The Balaban J connectivity index is 1.14. The number of hydrogen-bond acceptors (Lipinski definition) is 4. The molecule has 1 N–H and O–H groups in total. The number of piperazine rings is 1. The van der Waals surface area contributed by atoms with Crippen molar-refractivity contribution in [3.05, 3.63) is 81.4 Å². The Bertz CT molecular complexity index is 1070. The maximum atomic E-state index is 13.6. The number of benzene rings is 1. The topological polar surface area (TPSA) is 38.8 Å². The van der Waals surface area contributed by atoms with Gasteiger partial charge in [-0.25, -0.2) is 0 Å².